The number of nitrogens with zero attached hydrogens (tertiary/aromatic N) is 2. The molecule has 7 nitrogen and oxygen atoms in total. The molecule has 0 saturated heterocycles. The Morgan fingerprint density at radius 1 is 0.762 bits per heavy atom. The van der Waals surface area contributed by atoms with E-state index in [9.17, 15) is 18.0 Å². The topological polar surface area (TPSA) is 86.8 Å². The van der Waals surface area contributed by atoms with Crippen molar-refractivity contribution in [2.24, 2.45) is 0 Å². The third-order valence-electron chi connectivity index (χ3n) is 6.62. The van der Waals surface area contributed by atoms with Gasteiger partial charge in [-0.3, -0.25) is 13.9 Å². The number of hydrogen-bond acceptors (Lipinski definition) is 4. The summed E-state index contributed by atoms with van der Waals surface area (Å²) in [6, 6.07) is 32.9. The summed E-state index contributed by atoms with van der Waals surface area (Å²) in [5.41, 5.74) is 2.07. The van der Waals surface area contributed by atoms with Crippen LogP contribution in [0.5, 0.6) is 0 Å². The van der Waals surface area contributed by atoms with Crippen LogP contribution in [0.1, 0.15) is 25.0 Å². The third kappa shape index (κ3) is 8.19. The number of rotatable bonds is 12. The van der Waals surface area contributed by atoms with Gasteiger partial charge in [0.2, 0.25) is 11.8 Å². The first-order valence-electron chi connectivity index (χ1n) is 13.7. The number of amides is 2. The van der Waals surface area contributed by atoms with Gasteiger partial charge >= 0.3 is 0 Å². The van der Waals surface area contributed by atoms with E-state index in [0.717, 1.165) is 19.0 Å². The smallest absolute Gasteiger partial charge is 0.264 e. The molecule has 1 N–H and O–H groups in total. The molecule has 0 spiro atoms. The molecule has 0 aliphatic rings. The molecule has 42 heavy (non-hydrogen) atoms. The number of nitrogens with one attached hydrogen (secondary N) is 1. The molecule has 4 aromatic rings. The maximum atomic E-state index is 14.3. The van der Waals surface area contributed by atoms with Crippen LogP contribution in [0.15, 0.2) is 120 Å². The molecule has 9 heteroatoms. The zero-order chi connectivity index (χ0) is 30.1. The number of anilines is 1. The predicted molar refractivity (Wildman–Crippen MR) is 174 cm³/mol. The van der Waals surface area contributed by atoms with Crippen molar-refractivity contribution in [2.75, 3.05) is 10.8 Å². The number of halogens is 1. The van der Waals surface area contributed by atoms with Crippen molar-refractivity contribution in [2.45, 2.75) is 43.8 Å². The minimum atomic E-state index is -4.11. The monoisotopic (exact) mass is 695 g/mol. The summed E-state index contributed by atoms with van der Waals surface area (Å²) in [7, 11) is -4.11. The lowest BCUT2D eigenvalue weighted by Crippen LogP contribution is -2.54. The molecule has 0 unspecified atom stereocenters. The molecule has 0 aliphatic heterocycles. The van der Waals surface area contributed by atoms with Crippen molar-refractivity contribution in [1.29, 1.82) is 0 Å². The quantitative estimate of drug-likeness (QED) is 0.194. The third-order valence-corrected chi connectivity index (χ3v) is 9.13. The van der Waals surface area contributed by atoms with Gasteiger partial charge in [0, 0.05) is 22.6 Å². The number of carbonyl (C=O) groups excluding carboxylic acids is 2. The Morgan fingerprint density at radius 2 is 1.29 bits per heavy atom. The summed E-state index contributed by atoms with van der Waals surface area (Å²) in [4.78, 5) is 29.6. The van der Waals surface area contributed by atoms with E-state index < -0.39 is 28.5 Å². The molecule has 2 amide bonds. The van der Waals surface area contributed by atoms with Crippen molar-refractivity contribution >= 4 is 50.1 Å². The largest absolute Gasteiger partial charge is 0.352 e. The fraction of sp³-hybridized carbons (Fsp3) is 0.212. The maximum absolute atomic E-state index is 14.3. The lowest BCUT2D eigenvalue weighted by Gasteiger charge is -2.34. The van der Waals surface area contributed by atoms with Crippen LogP contribution in [0.3, 0.4) is 0 Å². The van der Waals surface area contributed by atoms with Gasteiger partial charge < -0.3 is 10.2 Å². The van der Waals surface area contributed by atoms with Crippen molar-refractivity contribution < 1.29 is 18.0 Å². The van der Waals surface area contributed by atoms with E-state index in [0.29, 0.717) is 5.69 Å². The van der Waals surface area contributed by atoms with E-state index in [1.54, 1.807) is 42.5 Å². The number of benzene rings is 4. The zero-order valence-corrected chi connectivity index (χ0v) is 26.5. The van der Waals surface area contributed by atoms with Gasteiger partial charge in [-0.1, -0.05) is 78.9 Å². The van der Waals surface area contributed by atoms with Crippen LogP contribution >= 0.6 is 22.6 Å². The van der Waals surface area contributed by atoms with E-state index in [1.807, 2.05) is 74.5 Å². The van der Waals surface area contributed by atoms with Crippen molar-refractivity contribution in [3.8, 4) is 0 Å². The molecule has 0 saturated carbocycles. The van der Waals surface area contributed by atoms with Crippen LogP contribution < -0.4 is 9.62 Å². The fourth-order valence-electron chi connectivity index (χ4n) is 4.57. The highest BCUT2D eigenvalue weighted by molar-refractivity contribution is 14.1. The van der Waals surface area contributed by atoms with Crippen LogP contribution in [0.4, 0.5) is 5.69 Å². The molecular formula is C33H34IN3O4S. The Labute approximate surface area is 261 Å². The average Bonchev–Trinajstić information content (AvgIpc) is 2.99. The Bertz CT molecular complexity index is 1570. The summed E-state index contributed by atoms with van der Waals surface area (Å²) in [5, 5.41) is 2.97. The summed E-state index contributed by atoms with van der Waals surface area (Å²) in [5.74, 6) is -0.790. The summed E-state index contributed by atoms with van der Waals surface area (Å²) in [6.07, 6.45) is 0.271. The van der Waals surface area contributed by atoms with Crippen LogP contribution in [-0.4, -0.2) is 43.8 Å². The van der Waals surface area contributed by atoms with Gasteiger partial charge in [-0.25, -0.2) is 8.42 Å². The van der Waals surface area contributed by atoms with E-state index in [2.05, 4.69) is 27.9 Å². The normalized spacial score (nSPS) is 12.0. The van der Waals surface area contributed by atoms with Crippen molar-refractivity contribution in [3.05, 3.63) is 130 Å². The fourth-order valence-corrected chi connectivity index (χ4v) is 6.37. The molecule has 4 rings (SSSR count). The summed E-state index contributed by atoms with van der Waals surface area (Å²) in [6.45, 7) is 3.39. The molecular weight excluding hydrogens is 661 g/mol. The second-order valence-corrected chi connectivity index (χ2v) is 13.3. The minimum Gasteiger partial charge on any atom is -0.352 e. The van der Waals surface area contributed by atoms with Gasteiger partial charge in [0.25, 0.3) is 10.0 Å². The van der Waals surface area contributed by atoms with Gasteiger partial charge in [-0.15, -0.1) is 0 Å². The van der Waals surface area contributed by atoms with Crippen LogP contribution in [0.2, 0.25) is 0 Å². The lowest BCUT2D eigenvalue weighted by molar-refractivity contribution is -0.140. The molecule has 0 aliphatic carbocycles. The number of carbonyl (C=O) groups is 2. The Balaban J connectivity index is 1.78. The SMILES string of the molecule is CC(C)NC(=O)[C@@H](Cc1ccccc1)N(Cc1ccccc1)C(=O)CN(c1ccc(I)cc1)S(=O)(=O)c1ccccc1. The highest BCUT2D eigenvalue weighted by atomic mass is 127. The second-order valence-electron chi connectivity index (χ2n) is 10.2. The van der Waals surface area contributed by atoms with E-state index >= 15 is 0 Å². The highest BCUT2D eigenvalue weighted by Crippen LogP contribution is 2.26. The Morgan fingerprint density at radius 3 is 1.83 bits per heavy atom. The van der Waals surface area contributed by atoms with Crippen molar-refractivity contribution in [1.82, 2.24) is 10.2 Å². The summed E-state index contributed by atoms with van der Waals surface area (Å²) < 4.78 is 29.9. The van der Waals surface area contributed by atoms with Crippen LogP contribution in [-0.2, 0) is 32.6 Å². The molecule has 0 fully saturated rings. The van der Waals surface area contributed by atoms with Gasteiger partial charge in [0.1, 0.15) is 12.6 Å². The molecule has 0 bridgehead atoms. The van der Waals surface area contributed by atoms with Crippen LogP contribution in [0, 0.1) is 3.57 Å². The van der Waals surface area contributed by atoms with E-state index in [-0.39, 0.29) is 29.8 Å². The number of hydrogen-bond donors (Lipinski definition) is 1. The molecule has 1 atom stereocenters. The molecule has 0 heterocycles. The molecule has 4 aromatic carbocycles. The zero-order valence-electron chi connectivity index (χ0n) is 23.6. The maximum Gasteiger partial charge on any atom is 0.264 e. The first-order valence-corrected chi connectivity index (χ1v) is 16.2. The predicted octanol–water partition coefficient (Wildman–Crippen LogP) is 5.65. The van der Waals surface area contributed by atoms with Gasteiger partial charge in [0.15, 0.2) is 0 Å². The Kier molecular flexibility index (Phi) is 10.8. The minimum absolute atomic E-state index is 0.0735. The van der Waals surface area contributed by atoms with Gasteiger partial charge in [-0.2, -0.15) is 0 Å². The molecule has 218 valence electrons. The molecule has 0 aromatic heterocycles. The Hall–Kier alpha value is -3.70. The van der Waals surface area contributed by atoms with E-state index in [1.165, 1.54) is 17.0 Å². The number of sulfonamides is 1. The average molecular weight is 696 g/mol. The standard InChI is InChI=1S/C33H34IN3O4S/c1-25(2)35-33(39)31(22-26-12-6-3-7-13-26)36(23-27-14-8-4-9-15-27)32(38)24-37(29-20-18-28(34)19-21-29)42(40,41)30-16-10-5-11-17-30/h3-21,25,31H,22-24H2,1-2H3,(H,35,39)/t31-/m1/s1. The van der Waals surface area contributed by atoms with Gasteiger partial charge in [-0.05, 0) is 84.0 Å². The van der Waals surface area contributed by atoms with Crippen LogP contribution in [0.25, 0.3) is 0 Å². The van der Waals surface area contributed by atoms with Gasteiger partial charge in [0.05, 0.1) is 10.6 Å². The first kappa shape index (κ1) is 31.2. The summed E-state index contributed by atoms with van der Waals surface area (Å²) >= 11 is 2.15. The van der Waals surface area contributed by atoms with Crippen molar-refractivity contribution in [3.63, 3.8) is 0 Å². The second kappa shape index (κ2) is 14.5. The lowest BCUT2D eigenvalue weighted by atomic mass is 10.0. The highest BCUT2D eigenvalue weighted by Gasteiger charge is 2.34. The van der Waals surface area contributed by atoms with E-state index in [4.69, 9.17) is 0 Å². The molecule has 0 radical (unpaired) electrons. The first-order chi connectivity index (χ1) is 20.1.